The van der Waals surface area contributed by atoms with Crippen molar-refractivity contribution < 1.29 is 4.42 Å². The topological polar surface area (TPSA) is 25.2 Å². The predicted molar refractivity (Wildman–Crippen MR) is 68.3 cm³/mol. The second-order valence-electron chi connectivity index (χ2n) is 3.63. The van der Waals surface area contributed by atoms with Crippen molar-refractivity contribution in [2.45, 2.75) is 19.9 Å². The van der Waals surface area contributed by atoms with Crippen molar-refractivity contribution in [2.24, 2.45) is 0 Å². The van der Waals surface area contributed by atoms with Gasteiger partial charge in [-0.2, -0.15) is 0 Å². The molecule has 4 heteroatoms. The van der Waals surface area contributed by atoms with Gasteiger partial charge in [-0.1, -0.05) is 6.92 Å². The first kappa shape index (κ1) is 11.7. The second-order valence-corrected chi connectivity index (χ2v) is 5.09. The van der Waals surface area contributed by atoms with Crippen LogP contribution < -0.4 is 5.32 Å². The Kier molecular flexibility index (Phi) is 3.69. The van der Waals surface area contributed by atoms with Gasteiger partial charge < -0.3 is 9.73 Å². The van der Waals surface area contributed by atoms with Crippen LogP contribution in [0.1, 0.15) is 29.0 Å². The Hall–Kier alpha value is -0.770. The molecule has 0 bridgehead atoms. The number of hydrogen-bond acceptors (Lipinski definition) is 3. The Bertz CT molecular complexity index is 463. The molecule has 2 aromatic rings. The summed E-state index contributed by atoms with van der Waals surface area (Å²) in [5, 5.41) is 6.04. The Morgan fingerprint density at radius 3 is 2.88 bits per heavy atom. The average molecular weight is 256 g/mol. The van der Waals surface area contributed by atoms with Gasteiger partial charge in [0.2, 0.25) is 0 Å². The largest absolute Gasteiger partial charge is 0.453 e. The molecule has 1 N–H and O–H groups in total. The lowest BCUT2D eigenvalue weighted by atomic mass is 10.0. The van der Waals surface area contributed by atoms with Crippen LogP contribution in [0, 0.1) is 6.92 Å². The molecule has 2 aromatic heterocycles. The standard InChI is InChI=1S/C12H14ClNOS/c1-3-14-11(9-6-8(2)16-7-9)10-4-5-15-12(10)13/h4-7,11,14H,3H2,1-2H3. The molecular weight excluding hydrogens is 242 g/mol. The van der Waals surface area contributed by atoms with Crippen molar-refractivity contribution in [1.29, 1.82) is 0 Å². The lowest BCUT2D eigenvalue weighted by molar-refractivity contribution is 0.555. The van der Waals surface area contributed by atoms with E-state index in [-0.39, 0.29) is 6.04 Å². The highest BCUT2D eigenvalue weighted by Crippen LogP contribution is 2.31. The SMILES string of the molecule is CCNC(c1csc(C)c1)c1ccoc1Cl. The third kappa shape index (κ3) is 2.32. The fraction of sp³-hybridized carbons (Fsp3) is 0.333. The lowest BCUT2D eigenvalue weighted by Gasteiger charge is -2.15. The summed E-state index contributed by atoms with van der Waals surface area (Å²) >= 11 is 7.77. The monoisotopic (exact) mass is 255 g/mol. The van der Waals surface area contributed by atoms with Crippen LogP contribution >= 0.6 is 22.9 Å². The van der Waals surface area contributed by atoms with Crippen LogP contribution in [-0.2, 0) is 0 Å². The molecule has 2 rings (SSSR count). The van der Waals surface area contributed by atoms with E-state index in [9.17, 15) is 0 Å². The summed E-state index contributed by atoms with van der Waals surface area (Å²) in [5.41, 5.74) is 2.24. The van der Waals surface area contributed by atoms with Crippen molar-refractivity contribution in [3.05, 3.63) is 45.0 Å². The van der Waals surface area contributed by atoms with Crippen LogP contribution in [0.15, 0.2) is 28.2 Å². The van der Waals surface area contributed by atoms with Gasteiger partial charge in [0.05, 0.1) is 12.3 Å². The molecule has 0 radical (unpaired) electrons. The van der Waals surface area contributed by atoms with E-state index in [0.29, 0.717) is 5.22 Å². The van der Waals surface area contributed by atoms with Gasteiger partial charge in [-0.25, -0.2) is 0 Å². The first-order chi connectivity index (χ1) is 7.72. The highest BCUT2D eigenvalue weighted by atomic mass is 35.5. The van der Waals surface area contributed by atoms with Gasteiger partial charge in [-0.3, -0.25) is 0 Å². The number of furan rings is 1. The van der Waals surface area contributed by atoms with Crippen molar-refractivity contribution in [2.75, 3.05) is 6.54 Å². The molecule has 2 nitrogen and oxygen atoms in total. The molecule has 0 aliphatic heterocycles. The van der Waals surface area contributed by atoms with Crippen molar-refractivity contribution in [1.82, 2.24) is 5.32 Å². The second kappa shape index (κ2) is 5.04. The summed E-state index contributed by atoms with van der Waals surface area (Å²) in [4.78, 5) is 1.30. The molecule has 2 heterocycles. The van der Waals surface area contributed by atoms with Crippen molar-refractivity contribution in [3.8, 4) is 0 Å². The molecule has 0 spiro atoms. The lowest BCUT2D eigenvalue weighted by Crippen LogP contribution is -2.21. The Labute approximate surface area is 104 Å². The van der Waals surface area contributed by atoms with Gasteiger partial charge in [0.25, 0.3) is 0 Å². The highest BCUT2D eigenvalue weighted by Gasteiger charge is 2.18. The number of nitrogens with one attached hydrogen (secondary N) is 1. The molecule has 86 valence electrons. The van der Waals surface area contributed by atoms with Crippen LogP contribution in [0.3, 0.4) is 0 Å². The summed E-state index contributed by atoms with van der Waals surface area (Å²) < 4.78 is 5.15. The Morgan fingerprint density at radius 2 is 2.38 bits per heavy atom. The fourth-order valence-corrected chi connectivity index (χ4v) is 2.69. The van der Waals surface area contributed by atoms with Crippen LogP contribution in [0.5, 0.6) is 0 Å². The summed E-state index contributed by atoms with van der Waals surface area (Å²) in [6.45, 7) is 5.08. The summed E-state index contributed by atoms with van der Waals surface area (Å²) in [7, 11) is 0. The Balaban J connectivity index is 2.34. The van der Waals surface area contributed by atoms with Crippen molar-refractivity contribution in [3.63, 3.8) is 0 Å². The minimum Gasteiger partial charge on any atom is -0.453 e. The van der Waals surface area contributed by atoms with E-state index in [1.54, 1.807) is 17.6 Å². The molecule has 0 aromatic carbocycles. The summed E-state index contributed by atoms with van der Waals surface area (Å²) in [6, 6.07) is 4.23. The van der Waals surface area contributed by atoms with E-state index in [1.807, 2.05) is 6.07 Å². The van der Waals surface area contributed by atoms with Gasteiger partial charge in [-0.05, 0) is 48.1 Å². The van der Waals surface area contributed by atoms with E-state index >= 15 is 0 Å². The smallest absolute Gasteiger partial charge is 0.198 e. The Morgan fingerprint density at radius 1 is 1.56 bits per heavy atom. The zero-order valence-electron chi connectivity index (χ0n) is 9.29. The zero-order valence-corrected chi connectivity index (χ0v) is 10.9. The third-order valence-corrected chi connectivity index (χ3v) is 3.64. The minimum absolute atomic E-state index is 0.126. The maximum absolute atomic E-state index is 6.02. The van der Waals surface area contributed by atoms with Crippen molar-refractivity contribution >= 4 is 22.9 Å². The number of aryl methyl sites for hydroxylation is 1. The predicted octanol–water partition coefficient (Wildman–Crippen LogP) is 4.00. The van der Waals surface area contributed by atoms with Crippen LogP contribution in [0.25, 0.3) is 0 Å². The van der Waals surface area contributed by atoms with Crippen LogP contribution in [-0.4, -0.2) is 6.54 Å². The fourth-order valence-electron chi connectivity index (χ4n) is 1.74. The van der Waals surface area contributed by atoms with E-state index in [1.165, 1.54) is 10.4 Å². The zero-order chi connectivity index (χ0) is 11.5. The first-order valence-electron chi connectivity index (χ1n) is 5.23. The minimum atomic E-state index is 0.126. The number of thiophene rings is 1. The molecular formula is C12H14ClNOS. The highest BCUT2D eigenvalue weighted by molar-refractivity contribution is 7.10. The number of rotatable bonds is 4. The van der Waals surface area contributed by atoms with Gasteiger partial charge in [0.15, 0.2) is 5.22 Å². The number of hydrogen-bond donors (Lipinski definition) is 1. The normalized spacial score (nSPS) is 12.9. The molecule has 0 aliphatic carbocycles. The number of halogens is 1. The van der Waals surface area contributed by atoms with E-state index in [2.05, 4.69) is 30.6 Å². The quantitative estimate of drug-likeness (QED) is 0.893. The van der Waals surface area contributed by atoms with Gasteiger partial charge in [0.1, 0.15) is 0 Å². The molecule has 0 aliphatic rings. The van der Waals surface area contributed by atoms with Crippen LogP contribution in [0.4, 0.5) is 0 Å². The first-order valence-corrected chi connectivity index (χ1v) is 6.49. The summed E-state index contributed by atoms with van der Waals surface area (Å²) in [6.07, 6.45) is 1.63. The molecule has 16 heavy (non-hydrogen) atoms. The maximum atomic E-state index is 6.02. The van der Waals surface area contributed by atoms with E-state index in [0.717, 1.165) is 12.1 Å². The molecule has 0 fully saturated rings. The van der Waals surface area contributed by atoms with E-state index < -0.39 is 0 Å². The molecule has 1 atom stereocenters. The van der Waals surface area contributed by atoms with E-state index in [4.69, 9.17) is 16.0 Å². The average Bonchev–Trinajstić information content (AvgIpc) is 2.84. The summed E-state index contributed by atoms with van der Waals surface area (Å²) in [5.74, 6) is 0. The van der Waals surface area contributed by atoms with Crippen LogP contribution in [0.2, 0.25) is 5.22 Å². The molecule has 0 saturated heterocycles. The third-order valence-electron chi connectivity index (χ3n) is 2.45. The van der Waals surface area contributed by atoms with Gasteiger partial charge in [-0.15, -0.1) is 11.3 Å². The molecule has 0 amide bonds. The van der Waals surface area contributed by atoms with Gasteiger partial charge in [0, 0.05) is 10.4 Å². The molecule has 1 unspecified atom stereocenters. The molecule has 0 saturated carbocycles. The maximum Gasteiger partial charge on any atom is 0.198 e. The van der Waals surface area contributed by atoms with Gasteiger partial charge >= 0.3 is 0 Å².